The molecule has 4 rings (SSSR count). The van der Waals surface area contributed by atoms with Crippen molar-refractivity contribution in [3.8, 4) is 17.2 Å². The maximum Gasteiger partial charge on any atom is 0.231 e. The number of ether oxygens (including phenoxy) is 3. The molecule has 1 aromatic heterocycles. The lowest BCUT2D eigenvalue weighted by atomic mass is 9.94. The van der Waals surface area contributed by atoms with Crippen molar-refractivity contribution in [2.24, 2.45) is 0 Å². The van der Waals surface area contributed by atoms with Crippen LogP contribution in [0.5, 0.6) is 17.2 Å². The summed E-state index contributed by atoms with van der Waals surface area (Å²) in [4.78, 5) is 20.1. The summed E-state index contributed by atoms with van der Waals surface area (Å²) in [5, 5.41) is 0. The summed E-state index contributed by atoms with van der Waals surface area (Å²) >= 11 is 0. The first-order valence-electron chi connectivity index (χ1n) is 17.8. The van der Waals surface area contributed by atoms with Gasteiger partial charge in [0.05, 0.1) is 13.7 Å². The minimum Gasteiger partial charge on any atom is -0.493 e. The van der Waals surface area contributed by atoms with Gasteiger partial charge in [0.1, 0.15) is 6.29 Å². The number of carbonyl (C=O) groups excluding carboxylic acids is 1. The maximum atomic E-state index is 11.2. The normalized spacial score (nSPS) is 16.6. The van der Waals surface area contributed by atoms with Crippen molar-refractivity contribution in [1.82, 2.24) is 14.8 Å². The zero-order valence-electron chi connectivity index (χ0n) is 30.0. The molecule has 1 saturated heterocycles. The maximum absolute atomic E-state index is 11.2. The van der Waals surface area contributed by atoms with Gasteiger partial charge in [0.15, 0.2) is 11.5 Å². The quantitative estimate of drug-likeness (QED) is 0.172. The zero-order chi connectivity index (χ0) is 33.3. The second-order valence-electron chi connectivity index (χ2n) is 11.6. The lowest BCUT2D eigenvalue weighted by Crippen LogP contribution is -2.35. The highest BCUT2D eigenvalue weighted by molar-refractivity contribution is 5.56. The van der Waals surface area contributed by atoms with Crippen molar-refractivity contribution in [3.05, 3.63) is 47.8 Å². The Hall–Kier alpha value is -2.64. The topological polar surface area (TPSA) is 64.1 Å². The van der Waals surface area contributed by atoms with Gasteiger partial charge in [-0.05, 0) is 87.0 Å². The highest BCUT2D eigenvalue weighted by atomic mass is 16.7. The van der Waals surface area contributed by atoms with Gasteiger partial charge in [0, 0.05) is 25.0 Å². The third kappa shape index (κ3) is 15.0. The first kappa shape index (κ1) is 40.4. The number of benzene rings is 1. The molecule has 1 fully saturated rings. The molecular weight excluding hydrogens is 562 g/mol. The van der Waals surface area contributed by atoms with Gasteiger partial charge in [0.25, 0.3) is 0 Å². The second-order valence-corrected chi connectivity index (χ2v) is 11.6. The van der Waals surface area contributed by atoms with Crippen LogP contribution >= 0.6 is 0 Å². The predicted molar refractivity (Wildman–Crippen MR) is 189 cm³/mol. The molecule has 7 heteroatoms. The highest BCUT2D eigenvalue weighted by Gasteiger charge is 2.34. The van der Waals surface area contributed by atoms with Crippen molar-refractivity contribution in [2.45, 2.75) is 125 Å². The zero-order valence-corrected chi connectivity index (χ0v) is 30.0. The molecule has 0 amide bonds. The van der Waals surface area contributed by atoms with Crippen molar-refractivity contribution < 1.29 is 19.0 Å². The van der Waals surface area contributed by atoms with Crippen molar-refractivity contribution >= 4 is 6.29 Å². The standard InChI is InChI=1S/C22H34N2O4.C9H13N.C5H12.C2H6/c1-4-6-8-23(5-2)9-7-19-12-18(15-24(19)10-11-25)17-13-20(26-3)22-21(14-17)27-16-28-22;1-2-3-5-9-6-4-7-10-8-9;1-3-5-4-2;1-2/h11,13-14,18-19H,4-10,12,15-16H2,1-3H3;4,6-8H,2-3,5H2,1H3;3-5H2,1-2H3;1-2H3. The molecule has 0 saturated carbocycles. The fourth-order valence-electron chi connectivity index (χ4n) is 5.65. The van der Waals surface area contributed by atoms with E-state index in [1.807, 2.05) is 32.3 Å². The molecule has 2 atom stereocenters. The van der Waals surface area contributed by atoms with E-state index in [0.29, 0.717) is 24.3 Å². The summed E-state index contributed by atoms with van der Waals surface area (Å²) in [5.74, 6) is 2.56. The molecule has 7 nitrogen and oxygen atoms in total. The summed E-state index contributed by atoms with van der Waals surface area (Å²) in [6.07, 6.45) is 17.2. The number of fused-ring (bicyclic) bond motifs is 1. The highest BCUT2D eigenvalue weighted by Crippen LogP contribution is 2.45. The molecule has 3 heterocycles. The average Bonchev–Trinajstić information content (AvgIpc) is 3.73. The Morgan fingerprint density at radius 1 is 1.00 bits per heavy atom. The van der Waals surface area contributed by atoms with Crippen molar-refractivity contribution in [2.75, 3.05) is 46.6 Å². The number of hydrogen-bond acceptors (Lipinski definition) is 7. The monoisotopic (exact) mass is 627 g/mol. The number of aromatic nitrogens is 1. The number of likely N-dealkylation sites (tertiary alicyclic amines) is 1. The van der Waals surface area contributed by atoms with E-state index in [4.69, 9.17) is 14.2 Å². The Kier molecular flexibility index (Phi) is 22.9. The number of methoxy groups -OCH3 is 1. The Balaban J connectivity index is 0.000000489. The Bertz CT molecular complexity index is 1000. The van der Waals surface area contributed by atoms with E-state index >= 15 is 0 Å². The molecule has 1 aromatic carbocycles. The van der Waals surface area contributed by atoms with Gasteiger partial charge in [-0.2, -0.15) is 0 Å². The smallest absolute Gasteiger partial charge is 0.231 e. The van der Waals surface area contributed by atoms with Gasteiger partial charge in [-0.25, -0.2) is 0 Å². The first-order chi connectivity index (χ1) is 22.0. The summed E-state index contributed by atoms with van der Waals surface area (Å²) in [5.41, 5.74) is 2.56. The Labute approximate surface area is 276 Å². The minimum absolute atomic E-state index is 0.240. The molecule has 45 heavy (non-hydrogen) atoms. The van der Waals surface area contributed by atoms with Crippen LogP contribution in [0.3, 0.4) is 0 Å². The van der Waals surface area contributed by atoms with Crippen LogP contribution in [0.4, 0.5) is 0 Å². The Morgan fingerprint density at radius 2 is 1.73 bits per heavy atom. The summed E-state index contributed by atoms with van der Waals surface area (Å²) < 4.78 is 16.6. The number of hydrogen-bond donors (Lipinski definition) is 0. The molecule has 2 aromatic rings. The van der Waals surface area contributed by atoms with Crippen LogP contribution in [0.15, 0.2) is 36.7 Å². The van der Waals surface area contributed by atoms with Crippen molar-refractivity contribution in [1.29, 1.82) is 0 Å². The Morgan fingerprint density at radius 3 is 2.31 bits per heavy atom. The lowest BCUT2D eigenvalue weighted by Gasteiger charge is -2.26. The van der Waals surface area contributed by atoms with Crippen LogP contribution in [-0.4, -0.2) is 73.7 Å². The summed E-state index contributed by atoms with van der Waals surface area (Å²) in [6.45, 7) is 20.1. The molecule has 0 N–H and O–H groups in total. The van der Waals surface area contributed by atoms with E-state index < -0.39 is 0 Å². The van der Waals surface area contributed by atoms with Crippen LogP contribution in [0.2, 0.25) is 0 Å². The van der Waals surface area contributed by atoms with Crippen LogP contribution in [0.25, 0.3) is 0 Å². The number of aryl methyl sites for hydroxylation is 1. The van der Waals surface area contributed by atoms with E-state index in [1.165, 1.54) is 62.5 Å². The molecule has 256 valence electrons. The first-order valence-corrected chi connectivity index (χ1v) is 17.8. The van der Waals surface area contributed by atoms with Gasteiger partial charge in [-0.3, -0.25) is 9.88 Å². The van der Waals surface area contributed by atoms with Gasteiger partial charge >= 0.3 is 0 Å². The molecule has 2 aliphatic rings. The molecule has 0 radical (unpaired) electrons. The van der Waals surface area contributed by atoms with Gasteiger partial charge < -0.3 is 23.9 Å². The second kappa shape index (κ2) is 25.5. The van der Waals surface area contributed by atoms with Gasteiger partial charge in [0.2, 0.25) is 12.5 Å². The SMILES string of the molecule is CC.CCCCC.CCCCN(CC)CCC1CC(c2cc(OC)c3c(c2)OCO3)CN1CC=O.CCCCc1cccnc1. The minimum atomic E-state index is 0.240. The van der Waals surface area contributed by atoms with Gasteiger partial charge in [-0.1, -0.05) is 86.6 Å². The fourth-order valence-corrected chi connectivity index (χ4v) is 5.65. The third-order valence-corrected chi connectivity index (χ3v) is 8.29. The van der Waals surface area contributed by atoms with E-state index in [1.54, 1.807) is 7.11 Å². The van der Waals surface area contributed by atoms with E-state index in [0.717, 1.165) is 56.8 Å². The number of nitrogens with zero attached hydrogens (tertiary/aromatic N) is 3. The molecule has 0 aliphatic carbocycles. The van der Waals surface area contributed by atoms with E-state index in [9.17, 15) is 4.79 Å². The van der Waals surface area contributed by atoms with Gasteiger partial charge in [-0.15, -0.1) is 0 Å². The molecule has 0 bridgehead atoms. The lowest BCUT2D eigenvalue weighted by molar-refractivity contribution is -0.109. The molecule has 2 unspecified atom stereocenters. The van der Waals surface area contributed by atoms with Crippen LogP contribution < -0.4 is 14.2 Å². The number of rotatable bonds is 16. The number of unbranched alkanes of at least 4 members (excludes halogenated alkanes) is 4. The third-order valence-electron chi connectivity index (χ3n) is 8.29. The summed E-state index contributed by atoms with van der Waals surface area (Å²) in [6, 6.07) is 8.70. The molecule has 2 aliphatic heterocycles. The van der Waals surface area contributed by atoms with Crippen LogP contribution in [0, 0.1) is 0 Å². The van der Waals surface area contributed by atoms with Crippen LogP contribution in [0.1, 0.15) is 123 Å². The number of aldehydes is 1. The van der Waals surface area contributed by atoms with E-state index in [2.05, 4.69) is 67.6 Å². The fraction of sp³-hybridized carbons (Fsp3) is 0.684. The summed E-state index contributed by atoms with van der Waals surface area (Å²) in [7, 11) is 1.66. The van der Waals surface area contributed by atoms with Crippen molar-refractivity contribution in [3.63, 3.8) is 0 Å². The molecular formula is C38H65N3O4. The molecule has 0 spiro atoms. The predicted octanol–water partition coefficient (Wildman–Crippen LogP) is 8.94. The van der Waals surface area contributed by atoms with Crippen LogP contribution in [-0.2, 0) is 11.2 Å². The number of pyridine rings is 1. The number of carbonyl (C=O) groups is 1. The largest absolute Gasteiger partial charge is 0.493 e. The van der Waals surface area contributed by atoms with E-state index in [-0.39, 0.29) is 6.79 Å². The average molecular weight is 628 g/mol.